The van der Waals surface area contributed by atoms with Crippen LogP contribution in [0.4, 0.5) is 0 Å². The second-order valence-electron chi connectivity index (χ2n) is 11.1. The van der Waals surface area contributed by atoms with Gasteiger partial charge in [0, 0.05) is 0 Å². The monoisotopic (exact) mass is 430 g/mol. The highest BCUT2D eigenvalue weighted by atomic mass is 14.5. The lowest BCUT2D eigenvalue weighted by atomic mass is 9.57. The highest BCUT2D eigenvalue weighted by Gasteiger charge is 2.42. The van der Waals surface area contributed by atoms with Crippen LogP contribution in [0.2, 0.25) is 0 Å². The summed E-state index contributed by atoms with van der Waals surface area (Å²) in [5, 5.41) is 0. The Morgan fingerprint density at radius 2 is 1.34 bits per heavy atom. The molecule has 2 aromatic carbocycles. The average Bonchev–Trinajstić information content (AvgIpc) is 2.86. The lowest BCUT2D eigenvalue weighted by Crippen LogP contribution is -2.37. The van der Waals surface area contributed by atoms with Crippen molar-refractivity contribution in [2.75, 3.05) is 0 Å². The Morgan fingerprint density at radius 3 is 1.97 bits per heavy atom. The molecule has 0 N–H and O–H groups in total. The van der Waals surface area contributed by atoms with Crippen LogP contribution in [0.5, 0.6) is 0 Å². The Bertz CT molecular complexity index is 771. The van der Waals surface area contributed by atoms with Gasteiger partial charge in [-0.1, -0.05) is 113 Å². The summed E-state index contributed by atoms with van der Waals surface area (Å²) in [5.41, 5.74) is 4.92. The van der Waals surface area contributed by atoms with Gasteiger partial charge in [-0.05, 0) is 84.8 Å². The van der Waals surface area contributed by atoms with Crippen LogP contribution in [-0.4, -0.2) is 0 Å². The molecule has 0 heterocycles. The van der Waals surface area contributed by atoms with Gasteiger partial charge in [-0.15, -0.1) is 0 Å². The Kier molecular flexibility index (Phi) is 8.50. The normalized spacial score (nSPS) is 28.5. The molecule has 2 aliphatic rings. The Morgan fingerprint density at radius 1 is 0.688 bits per heavy atom. The summed E-state index contributed by atoms with van der Waals surface area (Å²) in [6, 6.07) is 20.4. The van der Waals surface area contributed by atoms with E-state index in [0.29, 0.717) is 5.41 Å². The van der Waals surface area contributed by atoms with Crippen LogP contribution in [0.1, 0.15) is 115 Å². The predicted molar refractivity (Wildman–Crippen MR) is 140 cm³/mol. The maximum absolute atomic E-state index is 2.42. The summed E-state index contributed by atoms with van der Waals surface area (Å²) >= 11 is 0. The summed E-state index contributed by atoms with van der Waals surface area (Å²) < 4.78 is 0. The van der Waals surface area contributed by atoms with Crippen LogP contribution < -0.4 is 0 Å². The minimum absolute atomic E-state index is 0.660. The summed E-state index contributed by atoms with van der Waals surface area (Å²) in [6.45, 7) is 4.73. The van der Waals surface area contributed by atoms with E-state index in [0.717, 1.165) is 17.8 Å². The Labute approximate surface area is 198 Å². The van der Waals surface area contributed by atoms with E-state index in [1.807, 2.05) is 0 Å². The highest BCUT2D eigenvalue weighted by molar-refractivity contribution is 5.63. The van der Waals surface area contributed by atoms with Crippen molar-refractivity contribution in [1.29, 1.82) is 0 Å². The largest absolute Gasteiger partial charge is 0.0654 e. The second kappa shape index (κ2) is 11.5. The topological polar surface area (TPSA) is 0 Å². The molecule has 0 saturated heterocycles. The molecule has 174 valence electrons. The summed E-state index contributed by atoms with van der Waals surface area (Å²) in [4.78, 5) is 0. The van der Waals surface area contributed by atoms with Crippen LogP contribution in [0, 0.1) is 17.3 Å². The predicted octanol–water partition coefficient (Wildman–Crippen LogP) is 10.2. The van der Waals surface area contributed by atoms with Gasteiger partial charge in [0.2, 0.25) is 0 Å². The molecule has 0 bridgehead atoms. The first-order valence-corrected chi connectivity index (χ1v) is 13.9. The van der Waals surface area contributed by atoms with Crippen molar-refractivity contribution in [2.24, 2.45) is 17.3 Å². The first kappa shape index (κ1) is 23.6. The van der Waals surface area contributed by atoms with Crippen molar-refractivity contribution in [3.8, 4) is 11.1 Å². The zero-order valence-electron chi connectivity index (χ0n) is 20.8. The quantitative estimate of drug-likeness (QED) is 0.347. The van der Waals surface area contributed by atoms with Crippen molar-refractivity contribution < 1.29 is 0 Å². The van der Waals surface area contributed by atoms with Crippen molar-refractivity contribution in [2.45, 2.75) is 110 Å². The van der Waals surface area contributed by atoms with E-state index in [1.54, 1.807) is 5.56 Å². The summed E-state index contributed by atoms with van der Waals surface area (Å²) in [7, 11) is 0. The molecule has 32 heavy (non-hydrogen) atoms. The van der Waals surface area contributed by atoms with Crippen molar-refractivity contribution in [3.63, 3.8) is 0 Å². The van der Waals surface area contributed by atoms with Crippen molar-refractivity contribution in [1.82, 2.24) is 0 Å². The van der Waals surface area contributed by atoms with Crippen LogP contribution in [0.15, 0.2) is 54.6 Å². The fourth-order valence-electron chi connectivity index (χ4n) is 7.17. The molecule has 0 nitrogen and oxygen atoms in total. The standard InChI is InChI=1S/C32H46/c1-3-5-9-23-32(31-19-13-26(10-4-2)14-20-31)24-21-30(22-25-32)29-17-15-28(16-18-29)27-11-7-6-8-12-27/h6-8,11-12,15-18,26,30-31H,3-5,9-10,13-14,19-25H2,1-2H3/t26?,30-,31?,32+. The second-order valence-corrected chi connectivity index (χ2v) is 11.1. The van der Waals surface area contributed by atoms with Gasteiger partial charge in [-0.2, -0.15) is 0 Å². The molecule has 2 aromatic rings. The van der Waals surface area contributed by atoms with E-state index in [4.69, 9.17) is 0 Å². The minimum atomic E-state index is 0.660. The maximum Gasteiger partial charge on any atom is -0.0162 e. The van der Waals surface area contributed by atoms with Crippen molar-refractivity contribution >= 4 is 0 Å². The SMILES string of the molecule is CCCCC[C@]1(C2CCC(CCC)CC2)CC[C@@H](c2ccc(-c3ccccc3)cc2)CC1. The zero-order chi connectivity index (χ0) is 22.2. The number of rotatable bonds is 9. The van der Waals surface area contributed by atoms with E-state index in [-0.39, 0.29) is 0 Å². The van der Waals surface area contributed by atoms with Gasteiger partial charge in [0.05, 0.1) is 0 Å². The van der Waals surface area contributed by atoms with Gasteiger partial charge < -0.3 is 0 Å². The van der Waals surface area contributed by atoms with Gasteiger partial charge in [-0.3, -0.25) is 0 Å². The third-order valence-electron chi connectivity index (χ3n) is 9.16. The summed E-state index contributed by atoms with van der Waals surface area (Å²) in [6.07, 6.45) is 20.4. The summed E-state index contributed by atoms with van der Waals surface area (Å²) in [5.74, 6) is 2.81. The molecule has 0 heteroatoms. The number of benzene rings is 2. The fraction of sp³-hybridized carbons (Fsp3) is 0.625. The molecule has 0 unspecified atom stereocenters. The average molecular weight is 431 g/mol. The third kappa shape index (κ3) is 5.67. The van der Waals surface area contributed by atoms with Gasteiger partial charge in [0.1, 0.15) is 0 Å². The van der Waals surface area contributed by atoms with E-state index in [9.17, 15) is 0 Å². The molecule has 0 amide bonds. The van der Waals surface area contributed by atoms with Crippen molar-refractivity contribution in [3.05, 3.63) is 60.2 Å². The highest BCUT2D eigenvalue weighted by Crippen LogP contribution is 2.55. The van der Waals surface area contributed by atoms with Gasteiger partial charge in [0.15, 0.2) is 0 Å². The molecule has 4 rings (SSSR count). The molecule has 2 aliphatic carbocycles. The van der Waals surface area contributed by atoms with Gasteiger partial charge in [0.25, 0.3) is 0 Å². The smallest absolute Gasteiger partial charge is 0.0162 e. The number of hydrogen-bond donors (Lipinski definition) is 0. The minimum Gasteiger partial charge on any atom is -0.0654 e. The third-order valence-corrected chi connectivity index (χ3v) is 9.16. The number of hydrogen-bond acceptors (Lipinski definition) is 0. The van der Waals surface area contributed by atoms with Crippen LogP contribution in [0.25, 0.3) is 11.1 Å². The lowest BCUT2D eigenvalue weighted by Gasteiger charge is -2.48. The first-order valence-electron chi connectivity index (χ1n) is 13.9. The van der Waals surface area contributed by atoms with E-state index >= 15 is 0 Å². The fourth-order valence-corrected chi connectivity index (χ4v) is 7.17. The van der Waals surface area contributed by atoms with E-state index in [1.165, 1.54) is 101 Å². The molecule has 0 aliphatic heterocycles. The van der Waals surface area contributed by atoms with Crippen LogP contribution in [0.3, 0.4) is 0 Å². The Balaban J connectivity index is 1.39. The maximum atomic E-state index is 2.42. The van der Waals surface area contributed by atoms with Gasteiger partial charge >= 0.3 is 0 Å². The zero-order valence-corrected chi connectivity index (χ0v) is 20.8. The van der Waals surface area contributed by atoms with E-state index in [2.05, 4.69) is 68.4 Å². The molecule has 2 saturated carbocycles. The van der Waals surface area contributed by atoms with Crippen LogP contribution >= 0.6 is 0 Å². The number of unbranched alkanes of at least 4 members (excludes halogenated alkanes) is 2. The molecule has 0 spiro atoms. The van der Waals surface area contributed by atoms with E-state index < -0.39 is 0 Å². The molecular formula is C32H46. The molecule has 0 radical (unpaired) electrons. The molecule has 0 aromatic heterocycles. The van der Waals surface area contributed by atoms with Gasteiger partial charge in [-0.25, -0.2) is 0 Å². The molecular weight excluding hydrogens is 384 g/mol. The lowest BCUT2D eigenvalue weighted by molar-refractivity contribution is 0.0369. The molecule has 0 atom stereocenters. The first-order chi connectivity index (χ1) is 15.7. The van der Waals surface area contributed by atoms with Crippen LogP contribution in [-0.2, 0) is 0 Å². The Hall–Kier alpha value is -1.56. The molecule has 2 fully saturated rings.